The first-order chi connectivity index (χ1) is 14.5. The molecule has 4 heterocycles. The van der Waals surface area contributed by atoms with Crippen molar-refractivity contribution in [1.82, 2.24) is 4.90 Å². The molecule has 2 fully saturated rings. The minimum atomic E-state index is -0.644. The normalized spacial score (nSPS) is 27.5. The maximum Gasteiger partial charge on any atom is 0.295 e. The van der Waals surface area contributed by atoms with Gasteiger partial charge in [-0.15, -0.1) is 11.3 Å². The van der Waals surface area contributed by atoms with Crippen molar-refractivity contribution < 1.29 is 24.2 Å². The summed E-state index contributed by atoms with van der Waals surface area (Å²) in [5, 5.41) is 13.1. The van der Waals surface area contributed by atoms with E-state index < -0.39 is 17.7 Å². The van der Waals surface area contributed by atoms with Gasteiger partial charge in [0.1, 0.15) is 17.6 Å². The van der Waals surface area contributed by atoms with Crippen molar-refractivity contribution in [2.45, 2.75) is 44.4 Å². The second kappa shape index (κ2) is 7.56. The number of nitrogens with zero attached hydrogens (tertiary/aromatic N) is 1. The molecule has 0 radical (unpaired) electrons. The number of Topliss-reactive ketones (excluding diaryl/α,β-unsaturated/α-hetero) is 1. The van der Waals surface area contributed by atoms with Crippen molar-refractivity contribution in [2.24, 2.45) is 0 Å². The first-order valence-electron chi connectivity index (χ1n) is 10.3. The Labute approximate surface area is 178 Å². The molecule has 30 heavy (non-hydrogen) atoms. The third-order valence-electron chi connectivity index (χ3n) is 5.95. The van der Waals surface area contributed by atoms with Crippen molar-refractivity contribution in [3.05, 3.63) is 57.3 Å². The van der Waals surface area contributed by atoms with Gasteiger partial charge in [0, 0.05) is 30.0 Å². The summed E-state index contributed by atoms with van der Waals surface area (Å²) < 4.78 is 11.4. The fourth-order valence-corrected chi connectivity index (χ4v) is 5.39. The molecule has 0 spiro atoms. The minimum absolute atomic E-state index is 0.0793. The van der Waals surface area contributed by atoms with E-state index in [-0.39, 0.29) is 23.5 Å². The third kappa shape index (κ3) is 3.22. The molecule has 7 heteroatoms. The van der Waals surface area contributed by atoms with Gasteiger partial charge in [-0.05, 0) is 55.0 Å². The molecule has 2 aromatic rings. The molecule has 156 valence electrons. The smallest absolute Gasteiger partial charge is 0.295 e. The number of benzene rings is 1. The summed E-state index contributed by atoms with van der Waals surface area (Å²) in [5.41, 5.74) is 1.67. The molecule has 3 aliphatic rings. The predicted molar refractivity (Wildman–Crippen MR) is 113 cm³/mol. The topological polar surface area (TPSA) is 76.1 Å². The molecule has 6 nitrogen and oxygen atoms in total. The molecular weight excluding hydrogens is 402 g/mol. The first-order valence-corrected chi connectivity index (χ1v) is 11.1. The molecule has 0 aliphatic carbocycles. The lowest BCUT2D eigenvalue weighted by molar-refractivity contribution is -0.140. The molecule has 0 unspecified atom stereocenters. The number of aliphatic hydroxyl groups excluding tert-OH is 1. The second-order valence-electron chi connectivity index (χ2n) is 8.06. The Hall–Kier alpha value is -2.64. The molecule has 3 aliphatic heterocycles. The van der Waals surface area contributed by atoms with Crippen LogP contribution in [0.3, 0.4) is 0 Å². The Balaban J connectivity index is 1.57. The van der Waals surface area contributed by atoms with E-state index in [2.05, 4.69) is 0 Å². The minimum Gasteiger partial charge on any atom is -0.507 e. The van der Waals surface area contributed by atoms with Crippen LogP contribution in [0.15, 0.2) is 41.3 Å². The maximum absolute atomic E-state index is 13.0. The van der Waals surface area contributed by atoms with Crippen molar-refractivity contribution in [3.63, 3.8) is 0 Å². The van der Waals surface area contributed by atoms with Crippen molar-refractivity contribution in [1.29, 1.82) is 0 Å². The molecule has 3 atom stereocenters. The second-order valence-corrected chi connectivity index (χ2v) is 9.04. The molecule has 2 saturated heterocycles. The Morgan fingerprint density at radius 3 is 2.90 bits per heavy atom. The number of likely N-dealkylation sites (tertiary alicyclic amines) is 1. The van der Waals surface area contributed by atoms with Gasteiger partial charge in [0.25, 0.3) is 11.7 Å². The van der Waals surface area contributed by atoms with Gasteiger partial charge in [-0.1, -0.05) is 6.07 Å². The lowest BCUT2D eigenvalue weighted by Gasteiger charge is -2.26. The van der Waals surface area contributed by atoms with E-state index in [1.807, 2.05) is 36.6 Å². The summed E-state index contributed by atoms with van der Waals surface area (Å²) in [6.07, 6.45) is 2.57. The van der Waals surface area contributed by atoms with Crippen LogP contribution in [0.1, 0.15) is 41.8 Å². The lowest BCUT2D eigenvalue weighted by Crippen LogP contribution is -2.36. The summed E-state index contributed by atoms with van der Waals surface area (Å²) in [6, 6.07) is 8.60. The molecule has 1 aromatic heterocycles. The number of rotatable bonds is 4. The third-order valence-corrected chi connectivity index (χ3v) is 6.87. The number of amides is 1. The summed E-state index contributed by atoms with van der Waals surface area (Å²) in [4.78, 5) is 28.4. The monoisotopic (exact) mass is 425 g/mol. The number of aliphatic hydroxyl groups is 1. The average Bonchev–Trinajstić information content (AvgIpc) is 3.51. The highest BCUT2D eigenvalue weighted by Gasteiger charge is 2.47. The average molecular weight is 426 g/mol. The number of carbonyl (C=O) groups excluding carboxylic acids is 2. The lowest BCUT2D eigenvalue weighted by atomic mass is 9.98. The highest BCUT2D eigenvalue weighted by atomic mass is 32.1. The van der Waals surface area contributed by atoms with Gasteiger partial charge >= 0.3 is 0 Å². The van der Waals surface area contributed by atoms with Gasteiger partial charge in [0.15, 0.2) is 0 Å². The van der Waals surface area contributed by atoms with E-state index >= 15 is 0 Å². The van der Waals surface area contributed by atoms with Gasteiger partial charge in [-0.25, -0.2) is 0 Å². The number of ketones is 1. The zero-order valence-corrected chi connectivity index (χ0v) is 17.5. The summed E-state index contributed by atoms with van der Waals surface area (Å²) in [7, 11) is 0. The van der Waals surface area contributed by atoms with E-state index in [1.54, 1.807) is 11.0 Å². The van der Waals surface area contributed by atoms with Gasteiger partial charge < -0.3 is 19.5 Å². The van der Waals surface area contributed by atoms with Crippen LogP contribution in [-0.2, 0) is 20.7 Å². The quantitative estimate of drug-likeness (QED) is 0.460. The number of fused-ring (bicyclic) bond motifs is 1. The number of ether oxygens (including phenoxy) is 2. The van der Waals surface area contributed by atoms with Crippen molar-refractivity contribution in [3.8, 4) is 5.75 Å². The number of carbonyl (C=O) groups is 2. The standard InChI is InChI=1S/C23H23NO5S/c1-13-10-15-11-14(6-7-17(15)29-13)21(25)19-20(18-5-3-9-30-18)24(23(27)22(19)26)12-16-4-2-8-28-16/h3,5-7,9,11,13,16,20,25H,2,4,8,10,12H2,1H3/t13-,16+,20+/m0/s1. The summed E-state index contributed by atoms with van der Waals surface area (Å²) in [5.74, 6) is -0.561. The molecule has 0 bridgehead atoms. The molecule has 1 amide bonds. The van der Waals surface area contributed by atoms with E-state index in [9.17, 15) is 14.7 Å². The Morgan fingerprint density at radius 2 is 2.17 bits per heavy atom. The summed E-state index contributed by atoms with van der Waals surface area (Å²) >= 11 is 1.47. The predicted octanol–water partition coefficient (Wildman–Crippen LogP) is 3.67. The molecule has 1 N–H and O–H groups in total. The zero-order chi connectivity index (χ0) is 20.8. The highest BCUT2D eigenvalue weighted by molar-refractivity contribution is 7.10. The van der Waals surface area contributed by atoms with Gasteiger partial charge in [0.05, 0.1) is 17.7 Å². The van der Waals surface area contributed by atoms with E-state index in [4.69, 9.17) is 9.47 Å². The maximum atomic E-state index is 13.0. The summed E-state index contributed by atoms with van der Waals surface area (Å²) in [6.45, 7) is 3.01. The number of hydrogen-bond donors (Lipinski definition) is 1. The van der Waals surface area contributed by atoms with Gasteiger partial charge in [0.2, 0.25) is 0 Å². The Morgan fingerprint density at radius 1 is 1.30 bits per heavy atom. The molecule has 1 aromatic carbocycles. The van der Waals surface area contributed by atoms with Crippen LogP contribution in [0.2, 0.25) is 0 Å². The van der Waals surface area contributed by atoms with Crippen LogP contribution < -0.4 is 4.74 Å². The highest BCUT2D eigenvalue weighted by Crippen LogP contribution is 2.42. The van der Waals surface area contributed by atoms with Crippen LogP contribution in [0, 0.1) is 0 Å². The number of hydrogen-bond acceptors (Lipinski definition) is 6. The van der Waals surface area contributed by atoms with E-state index in [0.717, 1.165) is 35.5 Å². The molecular formula is C23H23NO5S. The van der Waals surface area contributed by atoms with Gasteiger partial charge in [-0.2, -0.15) is 0 Å². The van der Waals surface area contributed by atoms with E-state index in [1.165, 1.54) is 11.3 Å². The van der Waals surface area contributed by atoms with E-state index in [0.29, 0.717) is 18.7 Å². The molecule has 0 saturated carbocycles. The Bertz CT molecular complexity index is 1020. The van der Waals surface area contributed by atoms with Crippen LogP contribution in [0.4, 0.5) is 0 Å². The van der Waals surface area contributed by atoms with Gasteiger partial charge in [-0.3, -0.25) is 9.59 Å². The largest absolute Gasteiger partial charge is 0.507 e. The fraction of sp³-hybridized carbons (Fsp3) is 0.391. The van der Waals surface area contributed by atoms with Crippen LogP contribution in [0.5, 0.6) is 5.75 Å². The SMILES string of the molecule is C[C@H]1Cc2cc(C(O)=C3C(=O)C(=O)N(C[C@H]4CCCO4)[C@@H]3c3cccs3)ccc2O1. The van der Waals surface area contributed by atoms with Crippen molar-refractivity contribution in [2.75, 3.05) is 13.2 Å². The van der Waals surface area contributed by atoms with Crippen LogP contribution in [0.25, 0.3) is 5.76 Å². The fourth-order valence-electron chi connectivity index (χ4n) is 4.54. The zero-order valence-electron chi connectivity index (χ0n) is 16.7. The first kappa shape index (κ1) is 19.3. The van der Waals surface area contributed by atoms with Crippen LogP contribution in [-0.4, -0.2) is 47.1 Å². The number of thiophene rings is 1. The Kier molecular flexibility index (Phi) is 4.87. The van der Waals surface area contributed by atoms with Crippen LogP contribution >= 0.6 is 11.3 Å². The molecule has 5 rings (SSSR count). The van der Waals surface area contributed by atoms with Crippen molar-refractivity contribution >= 4 is 28.8 Å².